The standard InChI is InChI=1S/C30H22N4/c1-30(2)23-9-5-10-25-27(23)34(29(33-25)28-31-15-6-16-32-28)26-14-13-22(18-24(26)30)21-12-11-19-7-3-4-8-20(19)17-21/h3-18H,1-2H3. The number of para-hydroxylation sites is 1. The Kier molecular flexibility index (Phi) is 3.86. The molecule has 1 aliphatic heterocycles. The van der Waals surface area contributed by atoms with Crippen molar-refractivity contribution >= 4 is 21.8 Å². The van der Waals surface area contributed by atoms with E-state index in [9.17, 15) is 0 Å². The number of rotatable bonds is 2. The molecule has 0 amide bonds. The molecule has 0 radical (unpaired) electrons. The molecular formula is C30H22N4. The summed E-state index contributed by atoms with van der Waals surface area (Å²) in [5.74, 6) is 1.41. The Morgan fingerprint density at radius 3 is 2.29 bits per heavy atom. The molecule has 0 unspecified atom stereocenters. The van der Waals surface area contributed by atoms with Gasteiger partial charge < -0.3 is 0 Å². The number of fused-ring (bicyclic) bond motifs is 3. The van der Waals surface area contributed by atoms with Gasteiger partial charge in [-0.3, -0.25) is 4.57 Å². The van der Waals surface area contributed by atoms with Gasteiger partial charge in [-0.2, -0.15) is 0 Å². The first-order valence-electron chi connectivity index (χ1n) is 11.5. The summed E-state index contributed by atoms with van der Waals surface area (Å²) in [7, 11) is 0. The molecular weight excluding hydrogens is 416 g/mol. The molecule has 0 spiro atoms. The second kappa shape index (κ2) is 6.84. The van der Waals surface area contributed by atoms with Crippen molar-refractivity contribution in [3.8, 4) is 28.5 Å². The third-order valence-corrected chi connectivity index (χ3v) is 7.11. The Morgan fingerprint density at radius 2 is 1.44 bits per heavy atom. The predicted octanol–water partition coefficient (Wildman–Crippen LogP) is 6.94. The van der Waals surface area contributed by atoms with E-state index in [4.69, 9.17) is 4.98 Å². The number of hydrogen-bond acceptors (Lipinski definition) is 3. The van der Waals surface area contributed by atoms with Crippen LogP contribution < -0.4 is 0 Å². The average Bonchev–Trinajstić information content (AvgIpc) is 3.28. The van der Waals surface area contributed by atoms with E-state index in [1.54, 1.807) is 12.4 Å². The second-order valence-corrected chi connectivity index (χ2v) is 9.44. The van der Waals surface area contributed by atoms with Crippen molar-refractivity contribution in [3.05, 3.63) is 108 Å². The van der Waals surface area contributed by atoms with E-state index in [1.165, 1.54) is 33.0 Å². The van der Waals surface area contributed by atoms with Gasteiger partial charge in [0.2, 0.25) is 0 Å². The van der Waals surface area contributed by atoms with Gasteiger partial charge in [-0.1, -0.05) is 68.4 Å². The lowest BCUT2D eigenvalue weighted by Gasteiger charge is -2.34. The fraction of sp³-hybridized carbons (Fsp3) is 0.100. The highest BCUT2D eigenvalue weighted by Gasteiger charge is 2.36. The smallest absolute Gasteiger partial charge is 0.196 e. The largest absolute Gasteiger partial charge is 0.289 e. The van der Waals surface area contributed by atoms with Crippen LogP contribution in [0.1, 0.15) is 25.0 Å². The van der Waals surface area contributed by atoms with Crippen LogP contribution in [0.4, 0.5) is 0 Å². The lowest BCUT2D eigenvalue weighted by molar-refractivity contribution is 0.629. The number of hydrogen-bond donors (Lipinski definition) is 0. The Balaban J connectivity index is 1.50. The minimum absolute atomic E-state index is 0.174. The minimum atomic E-state index is -0.174. The van der Waals surface area contributed by atoms with Crippen LogP contribution in [-0.4, -0.2) is 19.5 Å². The Labute approximate surface area is 197 Å². The summed E-state index contributed by atoms with van der Waals surface area (Å²) in [6.07, 6.45) is 3.54. The highest BCUT2D eigenvalue weighted by atomic mass is 15.1. The van der Waals surface area contributed by atoms with E-state index in [2.05, 4.69) is 107 Å². The second-order valence-electron chi connectivity index (χ2n) is 9.44. The van der Waals surface area contributed by atoms with Gasteiger partial charge in [0.05, 0.1) is 16.7 Å². The van der Waals surface area contributed by atoms with E-state index >= 15 is 0 Å². The molecule has 3 heterocycles. The van der Waals surface area contributed by atoms with E-state index in [-0.39, 0.29) is 5.41 Å². The maximum atomic E-state index is 4.97. The zero-order valence-electron chi connectivity index (χ0n) is 19.0. The van der Waals surface area contributed by atoms with Gasteiger partial charge in [0, 0.05) is 17.8 Å². The first-order chi connectivity index (χ1) is 16.6. The molecule has 6 aromatic rings. The van der Waals surface area contributed by atoms with Gasteiger partial charge in [-0.05, 0) is 63.4 Å². The molecule has 0 fully saturated rings. The molecule has 0 N–H and O–H groups in total. The zero-order chi connectivity index (χ0) is 22.9. The van der Waals surface area contributed by atoms with Crippen molar-refractivity contribution < 1.29 is 0 Å². The number of nitrogens with zero attached hydrogens (tertiary/aromatic N) is 4. The van der Waals surface area contributed by atoms with Gasteiger partial charge >= 0.3 is 0 Å². The fourth-order valence-corrected chi connectivity index (χ4v) is 5.36. The van der Waals surface area contributed by atoms with E-state index in [0.29, 0.717) is 5.82 Å². The van der Waals surface area contributed by atoms with Crippen LogP contribution in [0.2, 0.25) is 0 Å². The Morgan fingerprint density at radius 1 is 0.676 bits per heavy atom. The fourth-order valence-electron chi connectivity index (χ4n) is 5.36. The molecule has 7 rings (SSSR count). The lowest BCUT2D eigenvalue weighted by Crippen LogP contribution is -2.26. The monoisotopic (exact) mass is 438 g/mol. The molecule has 4 nitrogen and oxygen atoms in total. The van der Waals surface area contributed by atoms with E-state index in [0.717, 1.165) is 22.5 Å². The highest BCUT2D eigenvalue weighted by Crippen LogP contribution is 2.46. The summed E-state index contributed by atoms with van der Waals surface area (Å²) in [5.41, 5.74) is 8.05. The SMILES string of the molecule is CC1(C)c2cc(-c3ccc4ccccc4c3)ccc2-n2c(-c3ncccn3)nc3cccc1c32. The van der Waals surface area contributed by atoms with Crippen LogP contribution >= 0.6 is 0 Å². The minimum Gasteiger partial charge on any atom is -0.289 e. The van der Waals surface area contributed by atoms with Gasteiger partial charge in [0.15, 0.2) is 11.6 Å². The number of imidazole rings is 1. The lowest BCUT2D eigenvalue weighted by atomic mass is 9.74. The van der Waals surface area contributed by atoms with Crippen LogP contribution in [-0.2, 0) is 5.41 Å². The Hall–Kier alpha value is -4.31. The molecule has 1 aliphatic rings. The van der Waals surface area contributed by atoms with Crippen LogP contribution in [0, 0.1) is 0 Å². The van der Waals surface area contributed by atoms with Crippen molar-refractivity contribution in [1.82, 2.24) is 19.5 Å². The van der Waals surface area contributed by atoms with Crippen LogP contribution in [0.5, 0.6) is 0 Å². The highest BCUT2D eigenvalue weighted by molar-refractivity contribution is 5.91. The van der Waals surface area contributed by atoms with Crippen molar-refractivity contribution in [1.29, 1.82) is 0 Å². The summed E-state index contributed by atoms with van der Waals surface area (Å²) >= 11 is 0. The third kappa shape index (κ3) is 2.62. The molecule has 2 aromatic heterocycles. The van der Waals surface area contributed by atoms with Crippen molar-refractivity contribution in [3.63, 3.8) is 0 Å². The molecule has 34 heavy (non-hydrogen) atoms. The van der Waals surface area contributed by atoms with Crippen molar-refractivity contribution in [2.75, 3.05) is 0 Å². The molecule has 0 bridgehead atoms. The van der Waals surface area contributed by atoms with Crippen LogP contribution in [0.15, 0.2) is 97.3 Å². The average molecular weight is 439 g/mol. The quantitative estimate of drug-likeness (QED) is 0.294. The summed E-state index contributed by atoms with van der Waals surface area (Å²) in [5, 5.41) is 2.51. The number of benzene rings is 4. The third-order valence-electron chi connectivity index (χ3n) is 7.11. The van der Waals surface area contributed by atoms with Crippen molar-refractivity contribution in [2.24, 2.45) is 0 Å². The van der Waals surface area contributed by atoms with Crippen LogP contribution in [0.25, 0.3) is 50.3 Å². The van der Waals surface area contributed by atoms with Gasteiger partial charge in [0.1, 0.15) is 0 Å². The topological polar surface area (TPSA) is 43.6 Å². The predicted molar refractivity (Wildman–Crippen MR) is 137 cm³/mol. The molecule has 162 valence electrons. The molecule has 0 aliphatic carbocycles. The van der Waals surface area contributed by atoms with Gasteiger partial charge in [-0.15, -0.1) is 0 Å². The normalized spacial score (nSPS) is 13.8. The van der Waals surface area contributed by atoms with Gasteiger partial charge in [-0.25, -0.2) is 15.0 Å². The summed E-state index contributed by atoms with van der Waals surface area (Å²) in [4.78, 5) is 14.0. The molecule has 0 atom stereocenters. The molecule has 4 heteroatoms. The zero-order valence-corrected chi connectivity index (χ0v) is 19.0. The molecule has 4 aromatic carbocycles. The molecule has 0 saturated heterocycles. The van der Waals surface area contributed by atoms with Crippen molar-refractivity contribution in [2.45, 2.75) is 19.3 Å². The maximum absolute atomic E-state index is 4.97. The van der Waals surface area contributed by atoms with E-state index < -0.39 is 0 Å². The first kappa shape index (κ1) is 19.2. The number of aromatic nitrogens is 4. The summed E-state index contributed by atoms with van der Waals surface area (Å²) < 4.78 is 2.24. The summed E-state index contributed by atoms with van der Waals surface area (Å²) in [6, 6.07) is 30.2. The van der Waals surface area contributed by atoms with E-state index in [1.807, 2.05) is 6.07 Å². The molecule has 0 saturated carbocycles. The Bertz CT molecular complexity index is 1730. The van der Waals surface area contributed by atoms with Gasteiger partial charge in [0.25, 0.3) is 0 Å². The first-order valence-corrected chi connectivity index (χ1v) is 11.5. The summed E-state index contributed by atoms with van der Waals surface area (Å²) in [6.45, 7) is 4.61. The maximum Gasteiger partial charge on any atom is 0.196 e. The van der Waals surface area contributed by atoms with Crippen LogP contribution in [0.3, 0.4) is 0 Å².